The highest BCUT2D eigenvalue weighted by Gasteiger charge is 2.16. The first-order chi connectivity index (χ1) is 17.1. The number of hydrogen-bond acceptors (Lipinski definition) is 6. The highest BCUT2D eigenvalue weighted by atomic mass is 35.5. The molecule has 0 saturated carbocycles. The minimum Gasteiger partial charge on any atom is -0.497 e. The fraction of sp³-hybridized carbons (Fsp3) is 0.192. The highest BCUT2D eigenvalue weighted by molar-refractivity contribution is 7.98. The van der Waals surface area contributed by atoms with Crippen LogP contribution in [-0.4, -0.2) is 34.9 Å². The van der Waals surface area contributed by atoms with Crippen LogP contribution in [0.5, 0.6) is 11.5 Å². The molecule has 35 heavy (non-hydrogen) atoms. The van der Waals surface area contributed by atoms with Gasteiger partial charge >= 0.3 is 0 Å². The van der Waals surface area contributed by atoms with E-state index in [-0.39, 0.29) is 12.5 Å². The molecule has 9 heteroatoms. The van der Waals surface area contributed by atoms with Gasteiger partial charge in [0.25, 0.3) is 5.91 Å². The Balaban J connectivity index is 1.53. The molecule has 1 heterocycles. The number of thioether (sulfide) groups is 1. The standard InChI is InChI=1S/C26H25ClN4O3S/c1-33-21-12-20(13-22(14-21)34-2)25(32)28-15-24-29-30-26(31(24)16-18-8-4-3-5-9-18)35-17-19-10-6-7-11-23(19)27/h3-14H,15-17H2,1-2H3,(H,28,32). The lowest BCUT2D eigenvalue weighted by Gasteiger charge is -2.12. The number of methoxy groups -OCH3 is 2. The molecule has 0 saturated heterocycles. The van der Waals surface area contributed by atoms with Crippen LogP contribution in [0, 0.1) is 0 Å². The van der Waals surface area contributed by atoms with Crippen molar-refractivity contribution in [3.05, 3.63) is 100 Å². The van der Waals surface area contributed by atoms with Crippen LogP contribution in [0.4, 0.5) is 0 Å². The molecule has 0 spiro atoms. The van der Waals surface area contributed by atoms with Crippen molar-refractivity contribution in [2.45, 2.75) is 24.0 Å². The molecule has 0 radical (unpaired) electrons. The summed E-state index contributed by atoms with van der Waals surface area (Å²) < 4.78 is 12.6. The van der Waals surface area contributed by atoms with E-state index in [2.05, 4.69) is 15.5 Å². The molecule has 0 bridgehead atoms. The maximum atomic E-state index is 12.9. The monoisotopic (exact) mass is 508 g/mol. The highest BCUT2D eigenvalue weighted by Crippen LogP contribution is 2.27. The van der Waals surface area contributed by atoms with Gasteiger partial charge < -0.3 is 19.4 Å². The quantitative estimate of drug-likeness (QED) is 0.296. The predicted molar refractivity (Wildman–Crippen MR) is 137 cm³/mol. The van der Waals surface area contributed by atoms with Gasteiger partial charge in [-0.3, -0.25) is 4.79 Å². The molecule has 0 fully saturated rings. The van der Waals surface area contributed by atoms with E-state index in [1.54, 1.807) is 44.2 Å². The van der Waals surface area contributed by atoms with Crippen molar-refractivity contribution in [3.8, 4) is 11.5 Å². The number of hydrogen-bond donors (Lipinski definition) is 1. The zero-order valence-electron chi connectivity index (χ0n) is 19.4. The molecule has 0 aliphatic heterocycles. The zero-order chi connectivity index (χ0) is 24.6. The summed E-state index contributed by atoms with van der Waals surface area (Å²) in [7, 11) is 3.09. The molecule has 1 aromatic heterocycles. The molecule has 4 rings (SSSR count). The third kappa shape index (κ3) is 6.35. The van der Waals surface area contributed by atoms with E-state index in [0.29, 0.717) is 35.2 Å². The Morgan fingerprint density at radius 2 is 1.66 bits per heavy atom. The Hall–Kier alpha value is -3.49. The summed E-state index contributed by atoms with van der Waals surface area (Å²) in [5.41, 5.74) is 2.57. The number of carbonyl (C=O) groups is 1. The van der Waals surface area contributed by atoms with Gasteiger partial charge in [-0.15, -0.1) is 10.2 Å². The molecule has 4 aromatic rings. The Morgan fingerprint density at radius 1 is 0.971 bits per heavy atom. The lowest BCUT2D eigenvalue weighted by Crippen LogP contribution is -2.25. The fourth-order valence-electron chi connectivity index (χ4n) is 3.44. The topological polar surface area (TPSA) is 78.3 Å². The molecular formula is C26H25ClN4O3S. The van der Waals surface area contributed by atoms with Gasteiger partial charge in [0.05, 0.1) is 27.3 Å². The van der Waals surface area contributed by atoms with Gasteiger partial charge in [-0.05, 0) is 29.3 Å². The maximum absolute atomic E-state index is 12.9. The van der Waals surface area contributed by atoms with E-state index in [1.807, 2.05) is 59.2 Å². The van der Waals surface area contributed by atoms with Gasteiger partial charge in [-0.1, -0.05) is 71.9 Å². The minimum absolute atomic E-state index is 0.213. The van der Waals surface area contributed by atoms with Crippen LogP contribution < -0.4 is 14.8 Å². The van der Waals surface area contributed by atoms with Gasteiger partial charge in [0, 0.05) is 22.4 Å². The van der Waals surface area contributed by atoms with E-state index in [4.69, 9.17) is 21.1 Å². The second kappa shape index (κ2) is 11.8. The average Bonchev–Trinajstić information content (AvgIpc) is 3.28. The van der Waals surface area contributed by atoms with E-state index in [9.17, 15) is 4.79 Å². The number of amides is 1. The molecule has 0 unspecified atom stereocenters. The minimum atomic E-state index is -0.262. The SMILES string of the molecule is COc1cc(OC)cc(C(=O)NCc2nnc(SCc3ccccc3Cl)n2Cc2ccccc2)c1. The summed E-state index contributed by atoms with van der Waals surface area (Å²) in [6.45, 7) is 0.793. The van der Waals surface area contributed by atoms with Crippen molar-refractivity contribution in [2.75, 3.05) is 14.2 Å². The van der Waals surface area contributed by atoms with Crippen LogP contribution in [0.25, 0.3) is 0 Å². The molecule has 0 aliphatic rings. The lowest BCUT2D eigenvalue weighted by molar-refractivity contribution is 0.0948. The Labute approximate surface area is 213 Å². The second-order valence-electron chi connectivity index (χ2n) is 7.63. The predicted octanol–water partition coefficient (Wildman–Crippen LogP) is 5.22. The van der Waals surface area contributed by atoms with Crippen LogP contribution >= 0.6 is 23.4 Å². The summed E-state index contributed by atoms with van der Waals surface area (Å²) in [5.74, 6) is 2.13. The van der Waals surface area contributed by atoms with Crippen LogP contribution in [0.3, 0.4) is 0 Å². The van der Waals surface area contributed by atoms with Crippen LogP contribution in [0.15, 0.2) is 78.0 Å². The number of carbonyl (C=O) groups excluding carboxylic acids is 1. The van der Waals surface area contributed by atoms with Crippen molar-refractivity contribution >= 4 is 29.3 Å². The van der Waals surface area contributed by atoms with Gasteiger partial charge in [0.1, 0.15) is 11.5 Å². The summed E-state index contributed by atoms with van der Waals surface area (Å²) in [6, 6.07) is 22.9. The normalized spacial score (nSPS) is 10.7. The summed E-state index contributed by atoms with van der Waals surface area (Å²) in [6.07, 6.45) is 0. The molecule has 0 aliphatic carbocycles. The first-order valence-corrected chi connectivity index (χ1v) is 12.3. The molecule has 1 amide bonds. The summed E-state index contributed by atoms with van der Waals surface area (Å²) in [5, 5.41) is 13.2. The van der Waals surface area contributed by atoms with Gasteiger partial charge in [0.15, 0.2) is 11.0 Å². The zero-order valence-corrected chi connectivity index (χ0v) is 21.0. The molecule has 3 aromatic carbocycles. The van der Waals surface area contributed by atoms with Crippen LogP contribution in [0.1, 0.15) is 27.3 Å². The lowest BCUT2D eigenvalue weighted by atomic mass is 10.2. The van der Waals surface area contributed by atoms with Gasteiger partial charge in [-0.25, -0.2) is 0 Å². The number of benzene rings is 3. The molecular weight excluding hydrogens is 484 g/mol. The van der Waals surface area contributed by atoms with Crippen molar-refractivity contribution in [1.82, 2.24) is 20.1 Å². The fourth-order valence-corrected chi connectivity index (χ4v) is 4.68. The van der Waals surface area contributed by atoms with Crippen LogP contribution in [-0.2, 0) is 18.8 Å². The van der Waals surface area contributed by atoms with E-state index >= 15 is 0 Å². The van der Waals surface area contributed by atoms with Crippen LogP contribution in [0.2, 0.25) is 5.02 Å². The maximum Gasteiger partial charge on any atom is 0.251 e. The summed E-state index contributed by atoms with van der Waals surface area (Å²) >= 11 is 7.88. The Bertz CT molecular complexity index is 1270. The second-order valence-corrected chi connectivity index (χ2v) is 8.98. The van der Waals surface area contributed by atoms with Crippen molar-refractivity contribution in [1.29, 1.82) is 0 Å². The number of ether oxygens (including phenoxy) is 2. The molecule has 1 N–H and O–H groups in total. The first-order valence-electron chi connectivity index (χ1n) is 10.9. The van der Waals surface area contributed by atoms with Gasteiger partial charge in [0.2, 0.25) is 0 Å². The van der Waals surface area contributed by atoms with Crippen molar-refractivity contribution in [2.24, 2.45) is 0 Å². The number of nitrogens with one attached hydrogen (secondary N) is 1. The third-order valence-electron chi connectivity index (χ3n) is 5.31. The van der Waals surface area contributed by atoms with E-state index in [0.717, 1.165) is 21.3 Å². The summed E-state index contributed by atoms with van der Waals surface area (Å²) in [4.78, 5) is 12.9. The molecule has 0 atom stereocenters. The van der Waals surface area contributed by atoms with E-state index < -0.39 is 0 Å². The number of halogens is 1. The first kappa shape index (κ1) is 24.6. The third-order valence-corrected chi connectivity index (χ3v) is 6.70. The number of aromatic nitrogens is 3. The number of rotatable bonds is 10. The Morgan fingerprint density at radius 3 is 2.34 bits per heavy atom. The van der Waals surface area contributed by atoms with Crippen molar-refractivity contribution in [3.63, 3.8) is 0 Å². The van der Waals surface area contributed by atoms with Crippen molar-refractivity contribution < 1.29 is 14.3 Å². The Kier molecular flexibility index (Phi) is 8.28. The largest absolute Gasteiger partial charge is 0.497 e. The smallest absolute Gasteiger partial charge is 0.251 e. The van der Waals surface area contributed by atoms with E-state index in [1.165, 1.54) is 0 Å². The molecule has 7 nitrogen and oxygen atoms in total. The van der Waals surface area contributed by atoms with Gasteiger partial charge in [-0.2, -0.15) is 0 Å². The average molecular weight is 509 g/mol. The number of nitrogens with zero attached hydrogens (tertiary/aromatic N) is 3. The molecule has 180 valence electrons.